The molecular formula is C20H22BN3. The lowest BCUT2D eigenvalue weighted by molar-refractivity contribution is 0.835. The zero-order valence-electron chi connectivity index (χ0n) is 14.0. The van der Waals surface area contributed by atoms with Gasteiger partial charge < -0.3 is 15.8 Å². The van der Waals surface area contributed by atoms with Gasteiger partial charge in [-0.25, -0.2) is 0 Å². The fraction of sp³-hybridized carbons (Fsp3) is 0.200. The molecule has 0 saturated heterocycles. The second-order valence-electron chi connectivity index (χ2n) is 6.30. The van der Waals surface area contributed by atoms with E-state index in [-0.39, 0.29) is 6.98 Å². The first-order valence-electron chi connectivity index (χ1n) is 8.74. The van der Waals surface area contributed by atoms with Crippen LogP contribution in [0.4, 0.5) is 17.1 Å². The molecule has 0 saturated carbocycles. The fourth-order valence-electron chi connectivity index (χ4n) is 3.39. The maximum atomic E-state index is 3.66. The molecule has 4 heteroatoms. The number of para-hydroxylation sites is 1. The van der Waals surface area contributed by atoms with E-state index in [2.05, 4.69) is 83.4 Å². The van der Waals surface area contributed by atoms with Gasteiger partial charge in [-0.15, -0.1) is 0 Å². The lowest BCUT2D eigenvalue weighted by Gasteiger charge is -2.28. The van der Waals surface area contributed by atoms with Crippen molar-refractivity contribution in [1.29, 1.82) is 0 Å². The average molecular weight is 315 g/mol. The van der Waals surface area contributed by atoms with Crippen LogP contribution in [-0.4, -0.2) is 13.5 Å². The van der Waals surface area contributed by atoms with Gasteiger partial charge >= 0.3 is 6.98 Å². The van der Waals surface area contributed by atoms with Crippen LogP contribution in [0.2, 0.25) is 0 Å². The number of hydrogen-bond donors (Lipinski definition) is 3. The summed E-state index contributed by atoms with van der Waals surface area (Å²) in [5, 5.41) is 13.4. The Morgan fingerprint density at radius 1 is 0.875 bits per heavy atom. The van der Waals surface area contributed by atoms with Crippen LogP contribution >= 0.6 is 0 Å². The van der Waals surface area contributed by atoms with Crippen LogP contribution < -0.4 is 21.2 Å². The van der Waals surface area contributed by atoms with Gasteiger partial charge in [0.25, 0.3) is 0 Å². The molecule has 0 fully saturated rings. The van der Waals surface area contributed by atoms with E-state index in [0.29, 0.717) is 0 Å². The summed E-state index contributed by atoms with van der Waals surface area (Å²) in [5.41, 5.74) is 4.83. The lowest BCUT2D eigenvalue weighted by Crippen LogP contribution is -2.48. The number of rotatable bonds is 5. The highest BCUT2D eigenvalue weighted by molar-refractivity contribution is 6.81. The van der Waals surface area contributed by atoms with Gasteiger partial charge in [0.15, 0.2) is 0 Å². The molecule has 24 heavy (non-hydrogen) atoms. The van der Waals surface area contributed by atoms with E-state index in [9.17, 15) is 0 Å². The Balaban J connectivity index is 1.68. The van der Waals surface area contributed by atoms with E-state index in [0.717, 1.165) is 6.54 Å². The largest absolute Gasteiger partial charge is 0.408 e. The summed E-state index contributed by atoms with van der Waals surface area (Å²) in [4.78, 5) is 0. The SMILES string of the molecule is CCCCNc1ccccc1B1Nc2cccc3cccc(c23)N1. The van der Waals surface area contributed by atoms with E-state index in [1.165, 1.54) is 46.1 Å². The van der Waals surface area contributed by atoms with Crippen LogP contribution in [0.1, 0.15) is 19.8 Å². The maximum absolute atomic E-state index is 3.66. The van der Waals surface area contributed by atoms with E-state index >= 15 is 0 Å². The monoisotopic (exact) mass is 315 g/mol. The first kappa shape index (κ1) is 14.9. The molecule has 120 valence electrons. The summed E-state index contributed by atoms with van der Waals surface area (Å²) >= 11 is 0. The molecule has 0 aliphatic carbocycles. The molecule has 0 amide bonds. The maximum Gasteiger partial charge on any atom is 0.408 e. The lowest BCUT2D eigenvalue weighted by atomic mass is 9.65. The Morgan fingerprint density at radius 2 is 1.58 bits per heavy atom. The summed E-state index contributed by atoms with van der Waals surface area (Å²) in [6.07, 6.45) is 2.38. The van der Waals surface area contributed by atoms with Crippen LogP contribution in [0.25, 0.3) is 10.8 Å². The summed E-state index contributed by atoms with van der Waals surface area (Å²) in [7, 11) is 0. The van der Waals surface area contributed by atoms with Gasteiger partial charge in [-0.2, -0.15) is 0 Å². The summed E-state index contributed by atoms with van der Waals surface area (Å²) < 4.78 is 0. The molecule has 0 spiro atoms. The van der Waals surface area contributed by atoms with Crippen LogP contribution in [0.15, 0.2) is 60.7 Å². The molecule has 3 nitrogen and oxygen atoms in total. The molecule has 1 heterocycles. The van der Waals surface area contributed by atoms with Gasteiger partial charge in [-0.05, 0) is 35.5 Å². The highest BCUT2D eigenvalue weighted by Gasteiger charge is 2.27. The smallest absolute Gasteiger partial charge is 0.405 e. The van der Waals surface area contributed by atoms with Crippen molar-refractivity contribution in [3.8, 4) is 0 Å². The fourth-order valence-corrected chi connectivity index (χ4v) is 3.39. The molecule has 0 unspecified atom stereocenters. The minimum Gasteiger partial charge on any atom is -0.405 e. The Bertz CT molecular complexity index is 822. The van der Waals surface area contributed by atoms with Gasteiger partial charge in [-0.1, -0.05) is 55.8 Å². The topological polar surface area (TPSA) is 36.1 Å². The molecule has 0 atom stereocenters. The van der Waals surface area contributed by atoms with Crippen molar-refractivity contribution in [3.05, 3.63) is 60.7 Å². The van der Waals surface area contributed by atoms with Gasteiger partial charge in [-0.3, -0.25) is 0 Å². The van der Waals surface area contributed by atoms with Gasteiger partial charge in [0.2, 0.25) is 0 Å². The summed E-state index contributed by atoms with van der Waals surface area (Å²) in [6.45, 7) is 3.29. The van der Waals surface area contributed by atoms with Crippen molar-refractivity contribution in [1.82, 2.24) is 0 Å². The highest BCUT2D eigenvalue weighted by atomic mass is 15.0. The van der Waals surface area contributed by atoms with Crippen molar-refractivity contribution >= 4 is 40.3 Å². The predicted molar refractivity (Wildman–Crippen MR) is 106 cm³/mol. The average Bonchev–Trinajstić information content (AvgIpc) is 2.63. The zero-order chi connectivity index (χ0) is 16.4. The highest BCUT2D eigenvalue weighted by Crippen LogP contribution is 2.34. The predicted octanol–water partition coefficient (Wildman–Crippen LogP) is 4.28. The van der Waals surface area contributed by atoms with Crippen molar-refractivity contribution < 1.29 is 0 Å². The molecule has 4 rings (SSSR count). The van der Waals surface area contributed by atoms with Crippen molar-refractivity contribution in [2.45, 2.75) is 19.8 Å². The molecule has 0 aromatic heterocycles. The van der Waals surface area contributed by atoms with Crippen molar-refractivity contribution in [2.75, 3.05) is 22.3 Å². The Morgan fingerprint density at radius 3 is 2.29 bits per heavy atom. The standard InChI is InChI=1S/C20H22BN3/c1-2-3-14-22-17-11-5-4-10-16(17)21-23-18-12-6-8-15-9-7-13-19(24-21)20(15)18/h4-13,22-24H,2-3,14H2,1H3. The third kappa shape index (κ3) is 2.69. The Kier molecular flexibility index (Phi) is 4.03. The van der Waals surface area contributed by atoms with Gasteiger partial charge in [0.05, 0.1) is 0 Å². The Hall–Kier alpha value is -2.62. The summed E-state index contributed by atoms with van der Waals surface area (Å²) in [5.74, 6) is 0. The Labute approximate surface area is 143 Å². The number of hydrogen-bond acceptors (Lipinski definition) is 3. The van der Waals surface area contributed by atoms with Crippen LogP contribution in [-0.2, 0) is 0 Å². The first-order chi connectivity index (χ1) is 11.9. The quantitative estimate of drug-likeness (QED) is 0.486. The number of unbranched alkanes of at least 4 members (excludes halogenated alkanes) is 1. The van der Waals surface area contributed by atoms with Crippen molar-refractivity contribution in [3.63, 3.8) is 0 Å². The zero-order valence-corrected chi connectivity index (χ0v) is 14.0. The molecule has 0 bridgehead atoms. The van der Waals surface area contributed by atoms with Crippen molar-refractivity contribution in [2.24, 2.45) is 0 Å². The minimum atomic E-state index is 0.0656. The third-order valence-electron chi connectivity index (χ3n) is 4.62. The van der Waals surface area contributed by atoms with Crippen LogP contribution in [0.3, 0.4) is 0 Å². The number of benzene rings is 3. The normalized spacial score (nSPS) is 12.6. The first-order valence-corrected chi connectivity index (χ1v) is 8.74. The molecule has 3 aromatic carbocycles. The number of anilines is 3. The van der Waals surface area contributed by atoms with E-state index in [1.54, 1.807) is 0 Å². The van der Waals surface area contributed by atoms with Gasteiger partial charge in [0, 0.05) is 29.0 Å². The van der Waals surface area contributed by atoms with Crippen LogP contribution in [0, 0.1) is 0 Å². The van der Waals surface area contributed by atoms with E-state index < -0.39 is 0 Å². The molecular weight excluding hydrogens is 293 g/mol. The number of nitrogens with one attached hydrogen (secondary N) is 3. The molecule has 0 radical (unpaired) electrons. The molecule has 3 N–H and O–H groups in total. The third-order valence-corrected chi connectivity index (χ3v) is 4.62. The molecule has 3 aromatic rings. The van der Waals surface area contributed by atoms with E-state index in [4.69, 9.17) is 0 Å². The minimum absolute atomic E-state index is 0.0656. The molecule has 1 aliphatic rings. The molecule has 1 aliphatic heterocycles. The summed E-state index contributed by atoms with van der Waals surface area (Å²) in [6, 6.07) is 21.4. The second kappa shape index (κ2) is 6.48. The van der Waals surface area contributed by atoms with E-state index in [1.807, 2.05) is 0 Å². The second-order valence-corrected chi connectivity index (χ2v) is 6.30. The van der Waals surface area contributed by atoms with Crippen LogP contribution in [0.5, 0.6) is 0 Å². The van der Waals surface area contributed by atoms with Gasteiger partial charge in [0.1, 0.15) is 0 Å².